The van der Waals surface area contributed by atoms with Crippen molar-refractivity contribution < 1.29 is 18.0 Å². The first-order chi connectivity index (χ1) is 10.8. The van der Waals surface area contributed by atoms with Crippen LogP contribution in [0, 0.1) is 6.92 Å². The molecule has 0 aromatic heterocycles. The Balaban J connectivity index is 1.95. The Hall–Kier alpha value is -2.21. The summed E-state index contributed by atoms with van der Waals surface area (Å²) in [4.78, 5) is 11.8. The third-order valence-electron chi connectivity index (χ3n) is 3.10. The Bertz CT molecular complexity index is 717. The number of rotatable bonds is 4. The molecular weight excluding hydrogens is 329 g/mol. The number of carbonyl (C=O) groups excluding carboxylic acids is 1. The van der Waals surface area contributed by atoms with Gasteiger partial charge in [-0.05, 0) is 42.8 Å². The van der Waals surface area contributed by atoms with E-state index in [4.69, 9.17) is 11.6 Å². The minimum absolute atomic E-state index is 0.160. The molecule has 0 aliphatic rings. The number of carbonyl (C=O) groups is 1. The van der Waals surface area contributed by atoms with E-state index in [9.17, 15) is 18.0 Å². The van der Waals surface area contributed by atoms with Crippen LogP contribution in [0.15, 0.2) is 42.5 Å². The second kappa shape index (κ2) is 6.91. The van der Waals surface area contributed by atoms with Crippen molar-refractivity contribution in [2.45, 2.75) is 13.1 Å². The number of nitrogens with one attached hydrogen (secondary N) is 2. The van der Waals surface area contributed by atoms with Crippen LogP contribution >= 0.6 is 11.6 Å². The van der Waals surface area contributed by atoms with Gasteiger partial charge in [-0.2, -0.15) is 13.2 Å². The predicted molar refractivity (Wildman–Crippen MR) is 84.8 cm³/mol. The number of halogens is 4. The van der Waals surface area contributed by atoms with Crippen molar-refractivity contribution in [1.82, 2.24) is 0 Å². The molecule has 0 spiro atoms. The molecule has 2 aromatic carbocycles. The molecule has 2 N–H and O–H groups in total. The summed E-state index contributed by atoms with van der Waals surface area (Å²) in [7, 11) is 0. The average molecular weight is 343 g/mol. The molecule has 3 nitrogen and oxygen atoms in total. The third-order valence-corrected chi connectivity index (χ3v) is 3.51. The van der Waals surface area contributed by atoms with E-state index >= 15 is 0 Å². The van der Waals surface area contributed by atoms with Gasteiger partial charge in [0.25, 0.3) is 0 Å². The largest absolute Gasteiger partial charge is 0.416 e. The fourth-order valence-electron chi connectivity index (χ4n) is 1.86. The zero-order valence-corrected chi connectivity index (χ0v) is 12.9. The van der Waals surface area contributed by atoms with Gasteiger partial charge in [0.1, 0.15) is 0 Å². The van der Waals surface area contributed by atoms with Gasteiger partial charge in [0.15, 0.2) is 0 Å². The van der Waals surface area contributed by atoms with Crippen molar-refractivity contribution in [3.63, 3.8) is 0 Å². The summed E-state index contributed by atoms with van der Waals surface area (Å²) in [5.41, 5.74) is 0.855. The van der Waals surface area contributed by atoms with Crippen LogP contribution in [-0.2, 0) is 11.0 Å². The molecule has 2 aromatic rings. The van der Waals surface area contributed by atoms with Crippen LogP contribution in [0.1, 0.15) is 11.1 Å². The summed E-state index contributed by atoms with van der Waals surface area (Å²) in [5.74, 6) is -0.387. The average Bonchev–Trinajstić information content (AvgIpc) is 2.48. The lowest BCUT2D eigenvalue weighted by Crippen LogP contribution is -2.22. The molecule has 0 radical (unpaired) electrons. The van der Waals surface area contributed by atoms with Crippen LogP contribution in [0.4, 0.5) is 24.5 Å². The van der Waals surface area contributed by atoms with Crippen molar-refractivity contribution in [3.8, 4) is 0 Å². The van der Waals surface area contributed by atoms with Gasteiger partial charge >= 0.3 is 6.18 Å². The third kappa shape index (κ3) is 4.89. The van der Waals surface area contributed by atoms with Crippen molar-refractivity contribution in [1.29, 1.82) is 0 Å². The fourth-order valence-corrected chi connectivity index (χ4v) is 2.04. The van der Waals surface area contributed by atoms with E-state index < -0.39 is 11.7 Å². The molecule has 0 unspecified atom stereocenters. The molecule has 0 aliphatic carbocycles. The van der Waals surface area contributed by atoms with Gasteiger partial charge in [0.2, 0.25) is 5.91 Å². The van der Waals surface area contributed by atoms with Gasteiger partial charge < -0.3 is 10.6 Å². The molecule has 23 heavy (non-hydrogen) atoms. The maximum atomic E-state index is 12.6. The van der Waals surface area contributed by atoms with Gasteiger partial charge in [-0.1, -0.05) is 23.7 Å². The summed E-state index contributed by atoms with van der Waals surface area (Å²) >= 11 is 5.96. The minimum Gasteiger partial charge on any atom is -0.376 e. The number of amides is 1. The molecule has 122 valence electrons. The van der Waals surface area contributed by atoms with Gasteiger partial charge in [0, 0.05) is 16.4 Å². The van der Waals surface area contributed by atoms with Crippen molar-refractivity contribution in [2.24, 2.45) is 0 Å². The van der Waals surface area contributed by atoms with Crippen LogP contribution in [0.25, 0.3) is 0 Å². The molecule has 0 atom stereocenters. The van der Waals surface area contributed by atoms with Gasteiger partial charge in [-0.3, -0.25) is 4.79 Å². The zero-order chi connectivity index (χ0) is 17.0. The van der Waals surface area contributed by atoms with E-state index in [0.717, 1.165) is 17.7 Å². The number of hydrogen-bond donors (Lipinski definition) is 2. The summed E-state index contributed by atoms with van der Waals surface area (Å²) < 4.78 is 37.8. The quantitative estimate of drug-likeness (QED) is 0.844. The van der Waals surface area contributed by atoms with E-state index in [1.165, 1.54) is 12.1 Å². The van der Waals surface area contributed by atoms with Crippen LogP contribution in [-0.4, -0.2) is 12.5 Å². The Labute approximate surface area is 136 Å². The molecule has 2 rings (SSSR count). The molecular formula is C16H14ClF3N2O. The maximum Gasteiger partial charge on any atom is 0.416 e. The van der Waals surface area contributed by atoms with E-state index in [2.05, 4.69) is 10.6 Å². The number of benzene rings is 2. The van der Waals surface area contributed by atoms with E-state index in [0.29, 0.717) is 10.7 Å². The Morgan fingerprint density at radius 1 is 1.13 bits per heavy atom. The lowest BCUT2D eigenvalue weighted by atomic mass is 10.2. The van der Waals surface area contributed by atoms with Gasteiger partial charge in [-0.25, -0.2) is 0 Å². The molecule has 0 bridgehead atoms. The van der Waals surface area contributed by atoms with E-state index in [1.54, 1.807) is 18.2 Å². The predicted octanol–water partition coefficient (Wildman–Crippen LogP) is 4.72. The first-order valence-electron chi connectivity index (χ1n) is 6.73. The molecule has 1 amide bonds. The Kier molecular flexibility index (Phi) is 5.15. The smallest absolute Gasteiger partial charge is 0.376 e. The van der Waals surface area contributed by atoms with Crippen molar-refractivity contribution in [2.75, 3.05) is 17.2 Å². The summed E-state index contributed by atoms with van der Waals surface area (Å²) in [6, 6.07) is 9.74. The lowest BCUT2D eigenvalue weighted by molar-refractivity contribution is -0.137. The first-order valence-corrected chi connectivity index (χ1v) is 7.10. The number of alkyl halides is 3. The van der Waals surface area contributed by atoms with Crippen LogP contribution in [0.2, 0.25) is 5.02 Å². The second-order valence-corrected chi connectivity index (χ2v) is 5.35. The summed E-state index contributed by atoms with van der Waals surface area (Å²) in [5, 5.41) is 5.80. The van der Waals surface area contributed by atoms with Crippen molar-refractivity contribution >= 4 is 28.9 Å². The van der Waals surface area contributed by atoms with E-state index in [1.807, 2.05) is 6.92 Å². The highest BCUT2D eigenvalue weighted by Crippen LogP contribution is 2.30. The SMILES string of the molecule is Cc1ccc(NC(=O)CNc2cccc(C(F)(F)F)c2)cc1Cl. The molecule has 0 saturated carbocycles. The first kappa shape index (κ1) is 17.1. The van der Waals surface area contributed by atoms with Gasteiger partial charge in [0.05, 0.1) is 12.1 Å². The van der Waals surface area contributed by atoms with Crippen LogP contribution in [0.5, 0.6) is 0 Å². The Morgan fingerprint density at radius 3 is 2.52 bits per heavy atom. The number of hydrogen-bond acceptors (Lipinski definition) is 2. The Morgan fingerprint density at radius 2 is 1.87 bits per heavy atom. The fraction of sp³-hybridized carbons (Fsp3) is 0.188. The highest BCUT2D eigenvalue weighted by Gasteiger charge is 2.30. The monoisotopic (exact) mass is 342 g/mol. The minimum atomic E-state index is -4.42. The molecule has 0 fully saturated rings. The van der Waals surface area contributed by atoms with Crippen LogP contribution in [0.3, 0.4) is 0 Å². The highest BCUT2D eigenvalue weighted by atomic mass is 35.5. The van der Waals surface area contributed by atoms with Crippen LogP contribution < -0.4 is 10.6 Å². The number of anilines is 2. The molecule has 0 saturated heterocycles. The topological polar surface area (TPSA) is 41.1 Å². The number of aryl methyl sites for hydroxylation is 1. The summed E-state index contributed by atoms with van der Waals surface area (Å²) in [6.45, 7) is 1.68. The second-order valence-electron chi connectivity index (χ2n) is 4.94. The highest BCUT2D eigenvalue weighted by molar-refractivity contribution is 6.31. The normalized spacial score (nSPS) is 11.2. The lowest BCUT2D eigenvalue weighted by Gasteiger charge is -2.11. The molecule has 0 heterocycles. The zero-order valence-electron chi connectivity index (χ0n) is 12.2. The maximum absolute atomic E-state index is 12.6. The molecule has 0 aliphatic heterocycles. The van der Waals surface area contributed by atoms with Gasteiger partial charge in [-0.15, -0.1) is 0 Å². The van der Waals surface area contributed by atoms with E-state index in [-0.39, 0.29) is 18.1 Å². The molecule has 7 heteroatoms. The standard InChI is InChI=1S/C16H14ClF3N2O/c1-10-5-6-13(8-14(10)17)22-15(23)9-21-12-4-2-3-11(7-12)16(18,19)20/h2-8,21H,9H2,1H3,(H,22,23). The van der Waals surface area contributed by atoms with Crippen molar-refractivity contribution in [3.05, 3.63) is 58.6 Å². The summed E-state index contributed by atoms with van der Waals surface area (Å²) in [6.07, 6.45) is -4.42.